The van der Waals surface area contributed by atoms with Crippen LogP contribution < -0.4 is 5.32 Å². The Balaban J connectivity index is 2.35. The number of nitrogens with one attached hydrogen (secondary N) is 1. The lowest BCUT2D eigenvalue weighted by Crippen LogP contribution is -2.43. The lowest BCUT2D eigenvalue weighted by molar-refractivity contribution is -0.141. The van der Waals surface area contributed by atoms with E-state index in [-0.39, 0.29) is 18.4 Å². The molecule has 1 atom stereocenters. The first-order chi connectivity index (χ1) is 13.1. The van der Waals surface area contributed by atoms with Crippen molar-refractivity contribution in [2.75, 3.05) is 13.2 Å². The Kier molecular flexibility index (Phi) is 8.30. The minimum atomic E-state index is -0.743. The maximum Gasteiger partial charge on any atom is 0.247 e. The van der Waals surface area contributed by atoms with Crippen molar-refractivity contribution in [3.63, 3.8) is 0 Å². The number of rotatable bonds is 9. The standard InChI is InChI=1S/C21H25ClN2O3/c1-2-19(26)24(15-16-9-11-18(22)12-10-16)20(17-7-4-3-5-8-17)21(27)23-13-6-14-25/h3-5,7-12,20,25H,2,6,13-15H2,1H3,(H,23,27)/t20-/m0/s1. The SMILES string of the molecule is CCC(=O)N(Cc1ccc(Cl)cc1)[C@H](C(=O)NCCCO)c1ccccc1. The number of carbonyl (C=O) groups is 2. The van der Waals surface area contributed by atoms with Crippen LogP contribution in [0, 0.1) is 0 Å². The van der Waals surface area contributed by atoms with Crippen LogP contribution in [0.3, 0.4) is 0 Å². The fourth-order valence-electron chi connectivity index (χ4n) is 2.81. The van der Waals surface area contributed by atoms with Gasteiger partial charge in [-0.3, -0.25) is 9.59 Å². The normalized spacial score (nSPS) is 11.7. The summed E-state index contributed by atoms with van der Waals surface area (Å²) < 4.78 is 0. The summed E-state index contributed by atoms with van der Waals surface area (Å²) >= 11 is 5.95. The average Bonchev–Trinajstić information content (AvgIpc) is 2.69. The summed E-state index contributed by atoms with van der Waals surface area (Å²) in [5.74, 6) is -0.374. The molecule has 2 aromatic rings. The molecule has 27 heavy (non-hydrogen) atoms. The zero-order valence-electron chi connectivity index (χ0n) is 15.4. The van der Waals surface area contributed by atoms with E-state index in [4.69, 9.17) is 16.7 Å². The number of carbonyl (C=O) groups excluding carboxylic acids is 2. The molecule has 0 fully saturated rings. The molecule has 2 N–H and O–H groups in total. The van der Waals surface area contributed by atoms with E-state index in [9.17, 15) is 9.59 Å². The highest BCUT2D eigenvalue weighted by atomic mass is 35.5. The van der Waals surface area contributed by atoms with Crippen LogP contribution in [0.15, 0.2) is 54.6 Å². The van der Waals surface area contributed by atoms with E-state index in [1.54, 1.807) is 24.0 Å². The summed E-state index contributed by atoms with van der Waals surface area (Å²) in [5, 5.41) is 12.4. The maximum atomic E-state index is 12.9. The molecule has 0 heterocycles. The van der Waals surface area contributed by atoms with Crippen LogP contribution in [0.2, 0.25) is 5.02 Å². The molecule has 0 saturated carbocycles. The molecule has 0 aliphatic rings. The molecule has 0 unspecified atom stereocenters. The fourth-order valence-corrected chi connectivity index (χ4v) is 2.93. The molecule has 2 amide bonds. The van der Waals surface area contributed by atoms with E-state index in [2.05, 4.69) is 5.32 Å². The lowest BCUT2D eigenvalue weighted by atomic mass is 10.0. The van der Waals surface area contributed by atoms with Crippen LogP contribution in [0.5, 0.6) is 0 Å². The van der Waals surface area contributed by atoms with Crippen LogP contribution >= 0.6 is 11.6 Å². The van der Waals surface area contributed by atoms with Gasteiger partial charge in [0.15, 0.2) is 0 Å². The monoisotopic (exact) mass is 388 g/mol. The van der Waals surface area contributed by atoms with Crippen molar-refractivity contribution in [2.45, 2.75) is 32.4 Å². The van der Waals surface area contributed by atoms with Gasteiger partial charge in [0.2, 0.25) is 11.8 Å². The van der Waals surface area contributed by atoms with Crippen LogP contribution in [-0.4, -0.2) is 35.0 Å². The van der Waals surface area contributed by atoms with Gasteiger partial charge >= 0.3 is 0 Å². The fraction of sp³-hybridized carbons (Fsp3) is 0.333. The van der Waals surface area contributed by atoms with E-state index in [1.807, 2.05) is 42.5 Å². The molecule has 2 rings (SSSR count). The van der Waals surface area contributed by atoms with Crippen molar-refractivity contribution < 1.29 is 14.7 Å². The zero-order valence-corrected chi connectivity index (χ0v) is 16.2. The summed E-state index contributed by atoms with van der Waals surface area (Å²) in [6.07, 6.45) is 0.757. The van der Waals surface area contributed by atoms with Crippen LogP contribution in [0.1, 0.15) is 36.9 Å². The average molecular weight is 389 g/mol. The summed E-state index contributed by atoms with van der Waals surface area (Å²) in [4.78, 5) is 27.2. The van der Waals surface area contributed by atoms with Gasteiger partial charge in [0.25, 0.3) is 0 Å². The molecule has 0 radical (unpaired) electrons. The number of amides is 2. The Bertz CT molecular complexity index is 735. The van der Waals surface area contributed by atoms with E-state index < -0.39 is 6.04 Å². The summed E-state index contributed by atoms with van der Waals surface area (Å²) in [6, 6.07) is 15.7. The third-order valence-electron chi connectivity index (χ3n) is 4.20. The third-order valence-corrected chi connectivity index (χ3v) is 4.45. The highest BCUT2D eigenvalue weighted by Gasteiger charge is 2.30. The number of halogens is 1. The maximum absolute atomic E-state index is 12.9. The molecule has 144 valence electrons. The Morgan fingerprint density at radius 1 is 1.11 bits per heavy atom. The van der Waals surface area contributed by atoms with Gasteiger partial charge in [-0.05, 0) is 29.7 Å². The molecule has 0 aliphatic heterocycles. The van der Waals surface area contributed by atoms with Gasteiger partial charge in [-0.25, -0.2) is 0 Å². The first-order valence-corrected chi connectivity index (χ1v) is 9.42. The summed E-state index contributed by atoms with van der Waals surface area (Å²) in [7, 11) is 0. The Labute approximate surface area is 165 Å². The second-order valence-electron chi connectivity index (χ2n) is 6.18. The molecule has 0 aromatic heterocycles. The first kappa shape index (κ1) is 20.9. The van der Waals surface area contributed by atoms with Gasteiger partial charge < -0.3 is 15.3 Å². The van der Waals surface area contributed by atoms with Crippen molar-refractivity contribution in [2.24, 2.45) is 0 Å². The third kappa shape index (κ3) is 6.08. The Morgan fingerprint density at radius 3 is 2.37 bits per heavy atom. The van der Waals surface area contributed by atoms with Gasteiger partial charge in [0.1, 0.15) is 6.04 Å². The van der Waals surface area contributed by atoms with Crippen molar-refractivity contribution in [1.82, 2.24) is 10.2 Å². The van der Waals surface area contributed by atoms with E-state index in [1.165, 1.54) is 0 Å². The topological polar surface area (TPSA) is 69.6 Å². The van der Waals surface area contributed by atoms with E-state index in [0.717, 1.165) is 11.1 Å². The van der Waals surface area contributed by atoms with Gasteiger partial charge in [-0.2, -0.15) is 0 Å². The minimum Gasteiger partial charge on any atom is -0.396 e. The first-order valence-electron chi connectivity index (χ1n) is 9.04. The van der Waals surface area contributed by atoms with Crippen LogP contribution in [0.25, 0.3) is 0 Å². The number of aliphatic hydroxyl groups is 1. The van der Waals surface area contributed by atoms with Crippen molar-refractivity contribution in [3.8, 4) is 0 Å². The smallest absolute Gasteiger partial charge is 0.247 e. The molecule has 0 aliphatic carbocycles. The molecule has 5 nitrogen and oxygen atoms in total. The lowest BCUT2D eigenvalue weighted by Gasteiger charge is -2.31. The quantitative estimate of drug-likeness (QED) is 0.647. The minimum absolute atomic E-state index is 0.00133. The molecular weight excluding hydrogens is 364 g/mol. The second-order valence-corrected chi connectivity index (χ2v) is 6.62. The largest absolute Gasteiger partial charge is 0.396 e. The van der Waals surface area contributed by atoms with Crippen LogP contribution in [0.4, 0.5) is 0 Å². The molecule has 0 saturated heterocycles. The Hall–Kier alpha value is -2.37. The van der Waals surface area contributed by atoms with Crippen molar-refractivity contribution >= 4 is 23.4 Å². The van der Waals surface area contributed by atoms with Gasteiger partial charge in [-0.1, -0.05) is 61.0 Å². The number of aliphatic hydroxyl groups excluding tert-OH is 1. The molecule has 0 spiro atoms. The molecule has 6 heteroatoms. The summed E-state index contributed by atoms with van der Waals surface area (Å²) in [5.41, 5.74) is 1.64. The number of nitrogens with zero attached hydrogens (tertiary/aromatic N) is 1. The van der Waals surface area contributed by atoms with Crippen LogP contribution in [-0.2, 0) is 16.1 Å². The summed E-state index contributed by atoms with van der Waals surface area (Å²) in [6.45, 7) is 2.44. The van der Waals surface area contributed by atoms with Gasteiger partial charge in [0, 0.05) is 31.1 Å². The van der Waals surface area contributed by atoms with Crippen molar-refractivity contribution in [3.05, 3.63) is 70.7 Å². The Morgan fingerprint density at radius 2 is 1.78 bits per heavy atom. The predicted molar refractivity (Wildman–Crippen MR) is 106 cm³/mol. The molecular formula is C21H25ClN2O3. The van der Waals surface area contributed by atoms with Crippen molar-refractivity contribution in [1.29, 1.82) is 0 Å². The predicted octanol–water partition coefficient (Wildman–Crippen LogP) is 3.32. The zero-order chi connectivity index (χ0) is 19.6. The molecule has 2 aromatic carbocycles. The number of benzene rings is 2. The van der Waals surface area contributed by atoms with Gasteiger partial charge in [-0.15, -0.1) is 0 Å². The highest BCUT2D eigenvalue weighted by Crippen LogP contribution is 2.25. The highest BCUT2D eigenvalue weighted by molar-refractivity contribution is 6.30. The van der Waals surface area contributed by atoms with Gasteiger partial charge in [0.05, 0.1) is 0 Å². The molecule has 0 bridgehead atoms. The van der Waals surface area contributed by atoms with E-state index in [0.29, 0.717) is 31.0 Å². The second kappa shape index (κ2) is 10.7. The number of hydrogen-bond donors (Lipinski definition) is 2. The number of hydrogen-bond acceptors (Lipinski definition) is 3. The van der Waals surface area contributed by atoms with E-state index >= 15 is 0 Å².